The van der Waals surface area contributed by atoms with Crippen molar-refractivity contribution in [2.75, 3.05) is 7.11 Å². The number of carbonyl (C=O) groups excluding carboxylic acids is 1. The van der Waals surface area contributed by atoms with Crippen LogP contribution in [0.1, 0.15) is 80.7 Å². The van der Waals surface area contributed by atoms with Crippen LogP contribution < -0.4 is 10.8 Å². The van der Waals surface area contributed by atoms with E-state index in [0.717, 1.165) is 31.7 Å². The lowest BCUT2D eigenvalue weighted by molar-refractivity contribution is -0.425. The summed E-state index contributed by atoms with van der Waals surface area (Å²) >= 11 is 0. The van der Waals surface area contributed by atoms with Crippen LogP contribution in [0.4, 0.5) is 0 Å². The van der Waals surface area contributed by atoms with Crippen molar-refractivity contribution < 1.29 is 20.4 Å². The first-order valence-corrected chi connectivity index (χ1v) is 8.67. The van der Waals surface area contributed by atoms with Gasteiger partial charge < -0.3 is 15.6 Å². The Labute approximate surface area is 137 Å². The molecule has 2 aliphatic rings. The van der Waals surface area contributed by atoms with Gasteiger partial charge in [0.05, 0.1) is 19.2 Å². The third-order valence-corrected chi connectivity index (χ3v) is 4.68. The monoisotopic (exact) mass is 324 g/mol. The van der Waals surface area contributed by atoms with E-state index >= 15 is 0 Å². The van der Waals surface area contributed by atoms with Gasteiger partial charge >= 0.3 is 5.97 Å². The second-order valence-corrected chi connectivity index (χ2v) is 6.48. The molecule has 0 saturated heterocycles. The van der Waals surface area contributed by atoms with Crippen LogP contribution in [0.3, 0.4) is 0 Å². The fourth-order valence-corrected chi connectivity index (χ4v) is 3.26. The highest BCUT2D eigenvalue weighted by atomic mass is 16.5. The molecule has 1 heterocycles. The maximum Gasteiger partial charge on any atom is 0.359 e. The van der Waals surface area contributed by atoms with Crippen LogP contribution in [-0.2, 0) is 4.74 Å². The summed E-state index contributed by atoms with van der Waals surface area (Å²) in [6, 6.07) is 0.876. The van der Waals surface area contributed by atoms with Gasteiger partial charge in [-0.3, -0.25) is 4.68 Å². The number of hydrogen-bond acceptors (Lipinski definition) is 5. The van der Waals surface area contributed by atoms with Crippen molar-refractivity contribution in [3.05, 3.63) is 5.69 Å². The molecular formula is C16H28N4O3. The van der Waals surface area contributed by atoms with Crippen molar-refractivity contribution in [3.8, 4) is 5.88 Å². The van der Waals surface area contributed by atoms with Crippen LogP contribution in [0.2, 0.25) is 0 Å². The van der Waals surface area contributed by atoms with E-state index in [-0.39, 0.29) is 11.7 Å². The zero-order chi connectivity index (χ0) is 16.7. The van der Waals surface area contributed by atoms with Gasteiger partial charge in [0, 0.05) is 5.88 Å². The van der Waals surface area contributed by atoms with Crippen molar-refractivity contribution in [2.24, 2.45) is 0 Å². The Morgan fingerprint density at radius 3 is 2.17 bits per heavy atom. The minimum atomic E-state index is -0.716. The molecule has 3 N–H and O–H groups in total. The van der Waals surface area contributed by atoms with Crippen molar-refractivity contribution in [1.29, 1.82) is 0 Å². The minimum Gasteiger partial charge on any atom is -0.857 e. The van der Waals surface area contributed by atoms with Crippen LogP contribution in [0, 0.1) is 0 Å². The predicted molar refractivity (Wildman–Crippen MR) is 82.7 cm³/mol. The molecule has 0 unspecified atom stereocenters. The standard InChI is InChI=1S/C10H15N3O3.C6H13N/c1-16-10(15)8-9(14)13(12-11-8)7-5-3-2-4-6-7;7-6-4-2-1-3-5-6/h7,14H,2-6H2,1H3;6H,1-5,7H2. The zero-order valence-corrected chi connectivity index (χ0v) is 14.0. The number of carbonyl (C=O) groups is 1. The van der Waals surface area contributed by atoms with E-state index in [1.165, 1.54) is 50.3 Å². The summed E-state index contributed by atoms with van der Waals surface area (Å²) in [7, 11) is 1.22. The van der Waals surface area contributed by atoms with Gasteiger partial charge in [0.25, 0.3) is 0 Å². The molecule has 7 heteroatoms. The van der Waals surface area contributed by atoms with E-state index < -0.39 is 11.8 Å². The van der Waals surface area contributed by atoms with Gasteiger partial charge in [-0.2, -0.15) is 0 Å². The maximum atomic E-state index is 11.8. The summed E-state index contributed by atoms with van der Waals surface area (Å²) in [6.07, 6.45) is 12.3. The first kappa shape index (κ1) is 17.7. The number of quaternary nitrogens is 1. The summed E-state index contributed by atoms with van der Waals surface area (Å²) in [5.74, 6) is -1.15. The van der Waals surface area contributed by atoms with E-state index in [1.807, 2.05) is 0 Å². The van der Waals surface area contributed by atoms with Crippen molar-refractivity contribution >= 4 is 5.97 Å². The van der Waals surface area contributed by atoms with Gasteiger partial charge in [0.15, 0.2) is 5.69 Å². The van der Waals surface area contributed by atoms with Crippen LogP contribution >= 0.6 is 0 Å². The normalized spacial score (nSPS) is 19.7. The Morgan fingerprint density at radius 2 is 1.70 bits per heavy atom. The molecular weight excluding hydrogens is 296 g/mol. The van der Waals surface area contributed by atoms with Crippen molar-refractivity contribution in [2.45, 2.75) is 76.3 Å². The lowest BCUT2D eigenvalue weighted by atomic mass is 9.96. The first-order valence-electron chi connectivity index (χ1n) is 8.67. The van der Waals surface area contributed by atoms with E-state index in [4.69, 9.17) is 0 Å². The lowest BCUT2D eigenvalue weighted by Gasteiger charge is -2.24. The molecule has 1 aromatic heterocycles. The first-order chi connectivity index (χ1) is 11.1. The Kier molecular flexibility index (Phi) is 6.83. The number of ether oxygens (including phenoxy) is 1. The molecule has 3 rings (SSSR count). The highest BCUT2D eigenvalue weighted by molar-refractivity contribution is 5.89. The SMILES string of the molecule is COC(=O)c1nnn(C2CCCCC2)c1[O-].[NH3+]C1CCCCC1. The van der Waals surface area contributed by atoms with Crippen LogP contribution in [0.15, 0.2) is 0 Å². The van der Waals surface area contributed by atoms with Gasteiger partial charge in [0.2, 0.25) is 0 Å². The van der Waals surface area contributed by atoms with Crippen molar-refractivity contribution in [1.82, 2.24) is 15.0 Å². The Morgan fingerprint density at radius 1 is 1.13 bits per heavy atom. The predicted octanol–water partition coefficient (Wildman–Crippen LogP) is 1.20. The summed E-state index contributed by atoms with van der Waals surface area (Å²) in [5, 5.41) is 19.2. The highest BCUT2D eigenvalue weighted by Crippen LogP contribution is 2.30. The van der Waals surface area contributed by atoms with Gasteiger partial charge in [-0.15, -0.1) is 5.10 Å². The van der Waals surface area contributed by atoms with Crippen LogP contribution in [-0.4, -0.2) is 34.1 Å². The molecule has 0 amide bonds. The Hall–Kier alpha value is -1.63. The fraction of sp³-hybridized carbons (Fsp3) is 0.812. The van der Waals surface area contributed by atoms with Gasteiger partial charge in [-0.25, -0.2) is 4.79 Å². The number of nitrogens with zero attached hydrogens (tertiary/aromatic N) is 3. The van der Waals surface area contributed by atoms with Crippen LogP contribution in [0.25, 0.3) is 0 Å². The molecule has 2 saturated carbocycles. The number of esters is 1. The topological polar surface area (TPSA) is 108 Å². The maximum absolute atomic E-state index is 11.8. The molecule has 2 fully saturated rings. The molecule has 0 bridgehead atoms. The second kappa shape index (κ2) is 8.86. The zero-order valence-electron chi connectivity index (χ0n) is 14.0. The average Bonchev–Trinajstić information content (AvgIpc) is 2.98. The molecule has 7 nitrogen and oxygen atoms in total. The molecule has 1 aromatic rings. The quantitative estimate of drug-likeness (QED) is 0.823. The third-order valence-electron chi connectivity index (χ3n) is 4.68. The molecule has 0 atom stereocenters. The van der Waals surface area contributed by atoms with Gasteiger partial charge in [-0.05, 0) is 38.5 Å². The summed E-state index contributed by atoms with van der Waals surface area (Å²) < 4.78 is 5.79. The van der Waals surface area contributed by atoms with Crippen LogP contribution in [0.5, 0.6) is 5.88 Å². The Balaban J connectivity index is 0.000000229. The summed E-state index contributed by atoms with van der Waals surface area (Å²) in [5.41, 5.74) is 3.78. The molecule has 0 aromatic carbocycles. The average molecular weight is 324 g/mol. The minimum absolute atomic E-state index is 0.0900. The fourth-order valence-electron chi connectivity index (χ4n) is 3.26. The number of rotatable bonds is 2. The van der Waals surface area contributed by atoms with E-state index in [0.29, 0.717) is 0 Å². The summed E-state index contributed by atoms with van der Waals surface area (Å²) in [4.78, 5) is 11.2. The number of hydrogen-bond donors (Lipinski definition) is 1. The molecule has 0 radical (unpaired) electrons. The number of methoxy groups -OCH3 is 1. The van der Waals surface area contributed by atoms with E-state index in [2.05, 4.69) is 20.8 Å². The lowest BCUT2D eigenvalue weighted by Crippen LogP contribution is -2.61. The smallest absolute Gasteiger partial charge is 0.359 e. The summed E-state index contributed by atoms with van der Waals surface area (Å²) in [6.45, 7) is 0. The largest absolute Gasteiger partial charge is 0.857 e. The molecule has 2 aliphatic carbocycles. The van der Waals surface area contributed by atoms with Gasteiger partial charge in [-0.1, -0.05) is 30.9 Å². The Bertz CT molecular complexity index is 492. The van der Waals surface area contributed by atoms with Gasteiger partial charge in [0.1, 0.15) is 0 Å². The molecule has 0 spiro atoms. The molecule has 23 heavy (non-hydrogen) atoms. The molecule has 130 valence electrons. The number of aromatic nitrogens is 3. The molecule has 0 aliphatic heterocycles. The van der Waals surface area contributed by atoms with Crippen molar-refractivity contribution in [3.63, 3.8) is 0 Å². The second-order valence-electron chi connectivity index (χ2n) is 6.48. The third kappa shape index (κ3) is 4.92. The van der Waals surface area contributed by atoms with E-state index in [1.54, 1.807) is 0 Å². The highest BCUT2D eigenvalue weighted by Gasteiger charge is 2.20. The van der Waals surface area contributed by atoms with E-state index in [9.17, 15) is 9.90 Å².